The summed E-state index contributed by atoms with van der Waals surface area (Å²) in [5.41, 5.74) is 2.56. The van der Waals surface area contributed by atoms with Gasteiger partial charge in [-0.15, -0.1) is 0 Å². The first-order chi connectivity index (χ1) is 11.0. The molecule has 3 rings (SSSR count). The van der Waals surface area contributed by atoms with Gasteiger partial charge in [0, 0.05) is 24.5 Å². The lowest BCUT2D eigenvalue weighted by Crippen LogP contribution is -2.02. The molecule has 1 aromatic carbocycles. The Hall–Kier alpha value is -3.29. The fourth-order valence-corrected chi connectivity index (χ4v) is 2.14. The number of nitro groups is 1. The highest BCUT2D eigenvalue weighted by Crippen LogP contribution is 2.26. The molecule has 0 spiro atoms. The summed E-state index contributed by atoms with van der Waals surface area (Å²) < 4.78 is 1.73. The molecular weight excluding hydrogens is 296 g/mol. The highest BCUT2D eigenvalue weighted by Gasteiger charge is 2.16. The van der Waals surface area contributed by atoms with Crippen LogP contribution in [-0.2, 0) is 7.05 Å². The fraction of sp³-hybridized carbons (Fsp3) is 0.133. The maximum atomic E-state index is 11.0. The molecule has 0 saturated carbocycles. The Morgan fingerprint density at radius 2 is 1.91 bits per heavy atom. The molecule has 0 aliphatic heterocycles. The van der Waals surface area contributed by atoms with Crippen LogP contribution in [0.4, 0.5) is 17.2 Å². The third-order valence-electron chi connectivity index (χ3n) is 3.27. The Labute approximate surface area is 132 Å². The predicted molar refractivity (Wildman–Crippen MR) is 85.4 cm³/mol. The summed E-state index contributed by atoms with van der Waals surface area (Å²) in [6.45, 7) is 1.68. The monoisotopic (exact) mass is 310 g/mol. The molecule has 0 amide bonds. The Morgan fingerprint density at radius 3 is 2.52 bits per heavy atom. The second-order valence-corrected chi connectivity index (χ2v) is 5.01. The van der Waals surface area contributed by atoms with Crippen molar-refractivity contribution >= 4 is 17.2 Å². The lowest BCUT2D eigenvalue weighted by molar-refractivity contribution is -0.384. The zero-order chi connectivity index (χ0) is 16.4. The molecule has 8 nitrogen and oxygen atoms in total. The molecule has 116 valence electrons. The third-order valence-corrected chi connectivity index (χ3v) is 3.27. The van der Waals surface area contributed by atoms with E-state index in [0.29, 0.717) is 11.5 Å². The van der Waals surface area contributed by atoms with Crippen LogP contribution in [-0.4, -0.2) is 24.7 Å². The largest absolute Gasteiger partial charge is 0.334 e. The molecule has 0 atom stereocenters. The molecule has 0 aliphatic carbocycles. The van der Waals surface area contributed by atoms with E-state index in [-0.39, 0.29) is 11.5 Å². The maximum Gasteiger partial charge on any atom is 0.329 e. The molecule has 3 aromatic rings. The zero-order valence-electron chi connectivity index (χ0n) is 12.6. The van der Waals surface area contributed by atoms with Gasteiger partial charge in [-0.3, -0.25) is 14.8 Å². The summed E-state index contributed by atoms with van der Waals surface area (Å²) in [5, 5.41) is 18.1. The van der Waals surface area contributed by atoms with E-state index in [9.17, 15) is 10.1 Å². The van der Waals surface area contributed by atoms with Gasteiger partial charge in [-0.2, -0.15) is 5.10 Å². The summed E-state index contributed by atoms with van der Waals surface area (Å²) in [4.78, 5) is 18.5. The number of hydrogen-bond donors (Lipinski definition) is 1. The second-order valence-electron chi connectivity index (χ2n) is 5.01. The van der Waals surface area contributed by atoms with Crippen molar-refractivity contribution in [1.82, 2.24) is 19.7 Å². The lowest BCUT2D eigenvalue weighted by Gasteiger charge is -2.07. The average Bonchev–Trinajstić information content (AvgIpc) is 2.94. The zero-order valence-corrected chi connectivity index (χ0v) is 12.6. The van der Waals surface area contributed by atoms with Crippen LogP contribution in [0.1, 0.15) is 5.82 Å². The number of aromatic nitrogens is 4. The maximum absolute atomic E-state index is 11.0. The molecule has 2 heterocycles. The van der Waals surface area contributed by atoms with Crippen molar-refractivity contribution in [3.8, 4) is 11.1 Å². The Bertz CT molecular complexity index is 857. The lowest BCUT2D eigenvalue weighted by atomic mass is 10.1. The van der Waals surface area contributed by atoms with Crippen molar-refractivity contribution in [1.29, 1.82) is 0 Å². The highest BCUT2D eigenvalue weighted by atomic mass is 16.6. The van der Waals surface area contributed by atoms with Crippen molar-refractivity contribution in [2.45, 2.75) is 6.92 Å². The SMILES string of the molecule is Cc1ncc([N+](=O)[O-])c(Nc2ccc(-c3cnn(C)c3)cc2)n1. The molecule has 0 radical (unpaired) electrons. The van der Waals surface area contributed by atoms with E-state index in [1.807, 2.05) is 37.5 Å². The number of hydrogen-bond acceptors (Lipinski definition) is 6. The third kappa shape index (κ3) is 3.15. The Kier molecular flexibility index (Phi) is 3.71. The summed E-state index contributed by atoms with van der Waals surface area (Å²) in [6, 6.07) is 7.51. The Morgan fingerprint density at radius 1 is 1.17 bits per heavy atom. The average molecular weight is 310 g/mol. The number of nitrogens with one attached hydrogen (secondary N) is 1. The van der Waals surface area contributed by atoms with Crippen molar-refractivity contribution < 1.29 is 4.92 Å². The molecule has 0 saturated heterocycles. The smallest absolute Gasteiger partial charge is 0.329 e. The van der Waals surface area contributed by atoms with Gasteiger partial charge in [0.15, 0.2) is 0 Å². The predicted octanol–water partition coefficient (Wildman–Crippen LogP) is 2.84. The van der Waals surface area contributed by atoms with E-state index in [4.69, 9.17) is 0 Å². The van der Waals surface area contributed by atoms with Gasteiger partial charge in [0.1, 0.15) is 12.0 Å². The first-order valence-electron chi connectivity index (χ1n) is 6.87. The summed E-state index contributed by atoms with van der Waals surface area (Å²) >= 11 is 0. The first kappa shape index (κ1) is 14.6. The first-order valence-corrected chi connectivity index (χ1v) is 6.87. The Balaban J connectivity index is 1.87. The number of nitrogens with zero attached hydrogens (tertiary/aromatic N) is 5. The normalized spacial score (nSPS) is 10.5. The molecule has 23 heavy (non-hydrogen) atoms. The van der Waals surface area contributed by atoms with E-state index >= 15 is 0 Å². The quantitative estimate of drug-likeness (QED) is 0.587. The van der Waals surface area contributed by atoms with Crippen LogP contribution in [0.2, 0.25) is 0 Å². The number of anilines is 2. The highest BCUT2D eigenvalue weighted by molar-refractivity contribution is 5.69. The van der Waals surface area contributed by atoms with E-state index in [1.165, 1.54) is 6.20 Å². The van der Waals surface area contributed by atoms with Crippen LogP contribution >= 0.6 is 0 Å². The number of rotatable bonds is 4. The second kappa shape index (κ2) is 5.84. The topological polar surface area (TPSA) is 98.8 Å². The van der Waals surface area contributed by atoms with Crippen LogP contribution in [0.3, 0.4) is 0 Å². The van der Waals surface area contributed by atoms with Gasteiger partial charge >= 0.3 is 5.69 Å². The van der Waals surface area contributed by atoms with Gasteiger partial charge in [0.05, 0.1) is 11.1 Å². The number of aryl methyl sites for hydroxylation is 2. The van der Waals surface area contributed by atoms with Crippen LogP contribution in [0.15, 0.2) is 42.9 Å². The van der Waals surface area contributed by atoms with E-state index in [1.54, 1.807) is 17.8 Å². The number of benzene rings is 1. The van der Waals surface area contributed by atoms with Gasteiger partial charge in [-0.05, 0) is 24.6 Å². The molecular formula is C15H14N6O2. The van der Waals surface area contributed by atoms with Crippen molar-refractivity contribution in [2.24, 2.45) is 7.05 Å². The van der Waals surface area contributed by atoms with Crippen molar-refractivity contribution in [3.63, 3.8) is 0 Å². The minimum absolute atomic E-state index is 0.160. The molecule has 0 bridgehead atoms. The van der Waals surface area contributed by atoms with Gasteiger partial charge < -0.3 is 5.32 Å². The molecule has 8 heteroatoms. The van der Waals surface area contributed by atoms with Crippen LogP contribution < -0.4 is 5.32 Å². The summed E-state index contributed by atoms with van der Waals surface area (Å²) in [6.07, 6.45) is 4.90. The van der Waals surface area contributed by atoms with Crippen molar-refractivity contribution in [2.75, 3.05) is 5.32 Å². The van der Waals surface area contributed by atoms with E-state index < -0.39 is 4.92 Å². The van der Waals surface area contributed by atoms with Gasteiger partial charge in [-0.25, -0.2) is 9.97 Å². The van der Waals surface area contributed by atoms with Crippen LogP contribution in [0, 0.1) is 17.0 Å². The molecule has 2 aromatic heterocycles. The van der Waals surface area contributed by atoms with Gasteiger partial charge in [0.25, 0.3) is 0 Å². The minimum atomic E-state index is -0.508. The van der Waals surface area contributed by atoms with E-state index in [0.717, 1.165) is 11.1 Å². The summed E-state index contributed by atoms with van der Waals surface area (Å²) in [5.74, 6) is 0.640. The molecule has 0 fully saturated rings. The fourth-order valence-electron chi connectivity index (χ4n) is 2.14. The minimum Gasteiger partial charge on any atom is -0.334 e. The van der Waals surface area contributed by atoms with Gasteiger partial charge in [0.2, 0.25) is 5.82 Å². The van der Waals surface area contributed by atoms with Crippen molar-refractivity contribution in [3.05, 3.63) is 58.8 Å². The molecule has 0 aliphatic rings. The van der Waals surface area contributed by atoms with Crippen LogP contribution in [0.25, 0.3) is 11.1 Å². The van der Waals surface area contributed by atoms with Gasteiger partial charge in [-0.1, -0.05) is 12.1 Å². The van der Waals surface area contributed by atoms with E-state index in [2.05, 4.69) is 20.4 Å². The van der Waals surface area contributed by atoms with Crippen LogP contribution in [0.5, 0.6) is 0 Å². The standard InChI is InChI=1S/C15H14N6O2/c1-10-16-8-14(21(22)23)15(18-10)19-13-5-3-11(4-6-13)12-7-17-20(2)9-12/h3-9H,1-2H3,(H,16,18,19). The molecule has 1 N–H and O–H groups in total. The summed E-state index contributed by atoms with van der Waals surface area (Å²) in [7, 11) is 1.86. The molecule has 0 unspecified atom stereocenters.